The van der Waals surface area contributed by atoms with Gasteiger partial charge in [0.1, 0.15) is 11.8 Å². The van der Waals surface area contributed by atoms with E-state index in [4.69, 9.17) is 10.00 Å². The molecule has 0 aromatic heterocycles. The highest BCUT2D eigenvalue weighted by Crippen LogP contribution is 2.28. The first-order valence-corrected chi connectivity index (χ1v) is 7.43. The van der Waals surface area contributed by atoms with Crippen molar-refractivity contribution < 1.29 is 4.74 Å². The van der Waals surface area contributed by atoms with Gasteiger partial charge in [-0.1, -0.05) is 18.2 Å². The topological polar surface area (TPSA) is 48.3 Å². The molecular formula is C16H21N3O. The van der Waals surface area contributed by atoms with Gasteiger partial charge < -0.3 is 10.1 Å². The molecule has 0 aliphatic carbocycles. The Labute approximate surface area is 120 Å². The Balaban J connectivity index is 1.59. The van der Waals surface area contributed by atoms with Crippen LogP contribution in [0, 0.1) is 11.3 Å². The summed E-state index contributed by atoms with van der Waals surface area (Å²) in [6.07, 6.45) is 3.90. The van der Waals surface area contributed by atoms with Gasteiger partial charge in [-0.2, -0.15) is 5.26 Å². The lowest BCUT2D eigenvalue weighted by Crippen LogP contribution is -2.38. The van der Waals surface area contributed by atoms with Crippen molar-refractivity contribution in [2.24, 2.45) is 0 Å². The number of fused-ring (bicyclic) bond motifs is 1. The van der Waals surface area contributed by atoms with E-state index in [1.807, 2.05) is 24.3 Å². The van der Waals surface area contributed by atoms with Crippen LogP contribution in [-0.4, -0.2) is 36.7 Å². The second-order valence-electron chi connectivity index (χ2n) is 5.58. The van der Waals surface area contributed by atoms with Gasteiger partial charge >= 0.3 is 0 Å². The van der Waals surface area contributed by atoms with E-state index >= 15 is 0 Å². The number of hydrogen-bond donors (Lipinski definition) is 1. The fraction of sp³-hybridized carbons (Fsp3) is 0.562. The molecule has 20 heavy (non-hydrogen) atoms. The molecule has 4 nitrogen and oxygen atoms in total. The normalized spacial score (nSPS) is 25.4. The number of rotatable bonds is 5. The summed E-state index contributed by atoms with van der Waals surface area (Å²) in [5.74, 6) is 0.822. The number of nitriles is 1. The third-order valence-corrected chi connectivity index (χ3v) is 4.43. The van der Waals surface area contributed by atoms with Crippen LogP contribution in [0.1, 0.15) is 24.8 Å². The number of benzene rings is 1. The van der Waals surface area contributed by atoms with Crippen LogP contribution in [0.5, 0.6) is 5.75 Å². The maximum Gasteiger partial charge on any atom is 0.174 e. The number of nitrogens with zero attached hydrogens (tertiary/aromatic N) is 2. The maximum atomic E-state index is 8.63. The first-order chi connectivity index (χ1) is 9.88. The van der Waals surface area contributed by atoms with Crippen molar-refractivity contribution in [3.63, 3.8) is 0 Å². The summed E-state index contributed by atoms with van der Waals surface area (Å²) in [6.45, 7) is 3.42. The minimum absolute atomic E-state index is 0.108. The Hall–Kier alpha value is -1.57. The smallest absolute Gasteiger partial charge is 0.174 e. The summed E-state index contributed by atoms with van der Waals surface area (Å²) < 4.78 is 5.48. The lowest BCUT2D eigenvalue weighted by atomic mass is 10.1. The van der Waals surface area contributed by atoms with Crippen LogP contribution in [0.2, 0.25) is 0 Å². The Morgan fingerprint density at radius 3 is 3.10 bits per heavy atom. The summed E-state index contributed by atoms with van der Waals surface area (Å²) in [6, 6.07) is 11.3. The molecule has 2 heterocycles. The number of hydrogen-bond acceptors (Lipinski definition) is 4. The summed E-state index contributed by atoms with van der Waals surface area (Å²) in [7, 11) is 0. The molecule has 0 bridgehead atoms. The molecule has 2 aliphatic rings. The highest BCUT2D eigenvalue weighted by molar-refractivity contribution is 5.33. The minimum Gasteiger partial charge on any atom is -0.478 e. The van der Waals surface area contributed by atoms with Gasteiger partial charge in [0.2, 0.25) is 0 Å². The Bertz CT molecular complexity index is 497. The van der Waals surface area contributed by atoms with E-state index in [-0.39, 0.29) is 6.61 Å². The van der Waals surface area contributed by atoms with E-state index < -0.39 is 0 Å². The van der Waals surface area contributed by atoms with Gasteiger partial charge in [0, 0.05) is 30.7 Å². The third kappa shape index (κ3) is 2.79. The third-order valence-electron chi connectivity index (χ3n) is 4.43. The molecule has 2 aliphatic heterocycles. The zero-order valence-electron chi connectivity index (χ0n) is 11.7. The van der Waals surface area contributed by atoms with Gasteiger partial charge in [-0.05, 0) is 31.9 Å². The zero-order valence-corrected chi connectivity index (χ0v) is 11.7. The fourth-order valence-electron chi connectivity index (χ4n) is 3.46. The quantitative estimate of drug-likeness (QED) is 0.889. The minimum atomic E-state index is 0.108. The summed E-state index contributed by atoms with van der Waals surface area (Å²) in [5.41, 5.74) is 1.14. The van der Waals surface area contributed by atoms with Crippen molar-refractivity contribution in [3.05, 3.63) is 29.8 Å². The van der Waals surface area contributed by atoms with Crippen molar-refractivity contribution in [1.29, 1.82) is 5.26 Å². The molecule has 1 aromatic carbocycles. The van der Waals surface area contributed by atoms with Crippen LogP contribution in [0.15, 0.2) is 24.3 Å². The van der Waals surface area contributed by atoms with Gasteiger partial charge in [0.15, 0.2) is 6.61 Å². The van der Waals surface area contributed by atoms with Crippen molar-refractivity contribution in [3.8, 4) is 11.8 Å². The van der Waals surface area contributed by atoms with Crippen LogP contribution in [0.3, 0.4) is 0 Å². The molecule has 2 fully saturated rings. The maximum absolute atomic E-state index is 8.63. The molecule has 0 saturated carbocycles. The molecule has 0 radical (unpaired) electrons. The summed E-state index contributed by atoms with van der Waals surface area (Å²) in [4.78, 5) is 2.61. The van der Waals surface area contributed by atoms with Crippen LogP contribution >= 0.6 is 0 Å². The van der Waals surface area contributed by atoms with Crippen LogP contribution in [-0.2, 0) is 6.54 Å². The van der Waals surface area contributed by atoms with E-state index in [9.17, 15) is 0 Å². The number of para-hydroxylation sites is 1. The molecule has 106 valence electrons. The van der Waals surface area contributed by atoms with Gasteiger partial charge in [0.05, 0.1) is 0 Å². The van der Waals surface area contributed by atoms with Crippen molar-refractivity contribution in [1.82, 2.24) is 10.2 Å². The van der Waals surface area contributed by atoms with E-state index in [2.05, 4.69) is 16.3 Å². The second kappa shape index (κ2) is 6.25. The molecule has 1 aromatic rings. The van der Waals surface area contributed by atoms with Crippen LogP contribution < -0.4 is 10.1 Å². The Kier molecular flexibility index (Phi) is 4.19. The number of ether oxygens (including phenoxy) is 1. The predicted molar refractivity (Wildman–Crippen MR) is 77.4 cm³/mol. The Morgan fingerprint density at radius 2 is 2.20 bits per heavy atom. The van der Waals surface area contributed by atoms with Gasteiger partial charge in [-0.25, -0.2) is 0 Å². The lowest BCUT2D eigenvalue weighted by molar-refractivity contribution is 0.297. The molecule has 2 unspecified atom stereocenters. The van der Waals surface area contributed by atoms with Gasteiger partial charge in [-0.15, -0.1) is 0 Å². The number of nitrogens with one attached hydrogen (secondary N) is 1. The average Bonchev–Trinajstić information content (AvgIpc) is 3.07. The highest BCUT2D eigenvalue weighted by Gasteiger charge is 2.36. The lowest BCUT2D eigenvalue weighted by Gasteiger charge is -2.21. The molecule has 0 spiro atoms. The van der Waals surface area contributed by atoms with Crippen LogP contribution in [0.4, 0.5) is 0 Å². The van der Waals surface area contributed by atoms with E-state index in [1.165, 1.54) is 32.4 Å². The molecule has 2 saturated heterocycles. The molecule has 3 rings (SSSR count). The van der Waals surface area contributed by atoms with Crippen LogP contribution in [0.25, 0.3) is 0 Å². The first-order valence-electron chi connectivity index (χ1n) is 7.43. The monoisotopic (exact) mass is 271 g/mol. The first kappa shape index (κ1) is 13.4. The highest BCUT2D eigenvalue weighted by atomic mass is 16.5. The molecular weight excluding hydrogens is 250 g/mol. The fourth-order valence-corrected chi connectivity index (χ4v) is 3.46. The molecule has 2 atom stereocenters. The van der Waals surface area contributed by atoms with E-state index in [0.717, 1.165) is 23.9 Å². The van der Waals surface area contributed by atoms with Gasteiger partial charge in [0.25, 0.3) is 0 Å². The van der Waals surface area contributed by atoms with E-state index in [1.54, 1.807) is 0 Å². The second-order valence-corrected chi connectivity index (χ2v) is 5.58. The zero-order chi connectivity index (χ0) is 13.8. The van der Waals surface area contributed by atoms with Crippen molar-refractivity contribution >= 4 is 0 Å². The Morgan fingerprint density at radius 1 is 1.30 bits per heavy atom. The van der Waals surface area contributed by atoms with Crippen molar-refractivity contribution in [2.45, 2.75) is 37.9 Å². The average molecular weight is 271 g/mol. The molecule has 1 N–H and O–H groups in total. The van der Waals surface area contributed by atoms with Gasteiger partial charge in [-0.3, -0.25) is 4.90 Å². The SMILES string of the molecule is N#CCOc1ccccc1CNC1CCN2CCCC12. The standard InChI is InChI=1S/C16H21N3O/c17-8-11-20-16-6-2-1-4-13(16)12-18-14-7-10-19-9-3-5-15(14)19/h1-2,4,6,14-15,18H,3,5,7,9-12H2. The van der Waals surface area contributed by atoms with Crippen molar-refractivity contribution in [2.75, 3.05) is 19.7 Å². The predicted octanol–water partition coefficient (Wildman–Crippen LogP) is 1.92. The summed E-state index contributed by atoms with van der Waals surface area (Å²) >= 11 is 0. The largest absolute Gasteiger partial charge is 0.478 e. The van der Waals surface area contributed by atoms with E-state index in [0.29, 0.717) is 6.04 Å². The molecule has 0 amide bonds. The summed E-state index contributed by atoms with van der Waals surface area (Å²) in [5, 5.41) is 12.3. The molecule has 4 heteroatoms.